The van der Waals surface area contributed by atoms with Gasteiger partial charge in [-0.05, 0) is 50.4 Å². The van der Waals surface area contributed by atoms with Gasteiger partial charge in [0.25, 0.3) is 0 Å². The number of hydrogen-bond donors (Lipinski definition) is 2. The van der Waals surface area contributed by atoms with E-state index < -0.39 is 0 Å². The van der Waals surface area contributed by atoms with Crippen molar-refractivity contribution in [3.8, 4) is 0 Å². The van der Waals surface area contributed by atoms with Crippen molar-refractivity contribution in [2.75, 3.05) is 6.54 Å². The Morgan fingerprint density at radius 2 is 2.11 bits per heavy atom. The second-order valence-electron chi connectivity index (χ2n) is 5.07. The maximum Gasteiger partial charge on any atom is 0.223 e. The van der Waals surface area contributed by atoms with E-state index in [0.29, 0.717) is 12.1 Å². The molecule has 0 aliphatic heterocycles. The van der Waals surface area contributed by atoms with E-state index in [1.807, 2.05) is 19.9 Å². The molecule has 3 N–H and O–H groups in total. The second kappa shape index (κ2) is 7.24. The molecule has 1 aromatic carbocycles. The van der Waals surface area contributed by atoms with Gasteiger partial charge >= 0.3 is 0 Å². The Morgan fingerprint density at radius 1 is 1.42 bits per heavy atom. The summed E-state index contributed by atoms with van der Waals surface area (Å²) < 4.78 is 13.5. The summed E-state index contributed by atoms with van der Waals surface area (Å²) in [5.41, 5.74) is 6.82. The molecule has 0 bridgehead atoms. The van der Waals surface area contributed by atoms with Gasteiger partial charge in [-0.3, -0.25) is 4.79 Å². The molecule has 0 saturated carbocycles. The number of halogens is 1. The van der Waals surface area contributed by atoms with Crippen LogP contribution in [-0.4, -0.2) is 12.5 Å². The molecule has 19 heavy (non-hydrogen) atoms. The molecule has 0 spiro atoms. The van der Waals surface area contributed by atoms with Crippen LogP contribution in [0.4, 0.5) is 4.39 Å². The standard InChI is InChI=1S/C15H23FN2O/c1-10-6-7-13(9-14(10)16)12(3)18-15(19)11(2)5-4-8-17/h6-7,9,11-12H,4-5,8,17H2,1-3H3,(H,18,19). The van der Waals surface area contributed by atoms with Crippen LogP contribution in [0.1, 0.15) is 43.9 Å². The summed E-state index contributed by atoms with van der Waals surface area (Å²) in [6, 6.07) is 4.85. The smallest absolute Gasteiger partial charge is 0.223 e. The molecular formula is C15H23FN2O. The predicted octanol–water partition coefficient (Wildman–Crippen LogP) is 2.69. The van der Waals surface area contributed by atoms with Gasteiger partial charge in [-0.15, -0.1) is 0 Å². The van der Waals surface area contributed by atoms with Crippen LogP contribution in [0.25, 0.3) is 0 Å². The van der Waals surface area contributed by atoms with Crippen LogP contribution >= 0.6 is 0 Å². The Labute approximate surface area is 114 Å². The number of carbonyl (C=O) groups is 1. The van der Waals surface area contributed by atoms with Crippen molar-refractivity contribution in [3.63, 3.8) is 0 Å². The number of nitrogens with two attached hydrogens (primary N) is 1. The zero-order chi connectivity index (χ0) is 14.4. The molecule has 0 aliphatic carbocycles. The third-order valence-electron chi connectivity index (χ3n) is 3.34. The van der Waals surface area contributed by atoms with E-state index >= 15 is 0 Å². The number of amides is 1. The third-order valence-corrected chi connectivity index (χ3v) is 3.34. The first-order valence-corrected chi connectivity index (χ1v) is 6.72. The van der Waals surface area contributed by atoms with Crippen molar-refractivity contribution in [1.29, 1.82) is 0 Å². The van der Waals surface area contributed by atoms with E-state index in [1.54, 1.807) is 13.0 Å². The van der Waals surface area contributed by atoms with Crippen LogP contribution < -0.4 is 11.1 Å². The number of carbonyl (C=O) groups excluding carboxylic acids is 1. The first-order valence-electron chi connectivity index (χ1n) is 6.72. The van der Waals surface area contributed by atoms with Gasteiger partial charge in [0.15, 0.2) is 0 Å². The predicted molar refractivity (Wildman–Crippen MR) is 75.1 cm³/mol. The largest absolute Gasteiger partial charge is 0.349 e. The molecule has 2 unspecified atom stereocenters. The molecule has 106 valence electrons. The quantitative estimate of drug-likeness (QED) is 0.831. The summed E-state index contributed by atoms with van der Waals surface area (Å²) in [5.74, 6) is -0.321. The van der Waals surface area contributed by atoms with Gasteiger partial charge in [-0.25, -0.2) is 4.39 Å². The molecule has 0 fully saturated rings. The first kappa shape index (κ1) is 15.6. The average molecular weight is 266 g/mol. The van der Waals surface area contributed by atoms with Gasteiger partial charge in [0.1, 0.15) is 5.82 Å². The fraction of sp³-hybridized carbons (Fsp3) is 0.533. The molecule has 0 radical (unpaired) electrons. The average Bonchev–Trinajstić information content (AvgIpc) is 2.38. The first-order chi connectivity index (χ1) is 8.95. The van der Waals surface area contributed by atoms with Crippen molar-refractivity contribution in [3.05, 3.63) is 35.1 Å². The van der Waals surface area contributed by atoms with Gasteiger partial charge < -0.3 is 11.1 Å². The molecule has 0 aliphatic rings. The van der Waals surface area contributed by atoms with Crippen LogP contribution in [-0.2, 0) is 4.79 Å². The number of rotatable bonds is 6. The molecule has 1 rings (SSSR count). The highest BCUT2D eigenvalue weighted by Gasteiger charge is 2.16. The van der Waals surface area contributed by atoms with Gasteiger partial charge in [0, 0.05) is 5.92 Å². The van der Waals surface area contributed by atoms with Crippen LogP contribution in [0.2, 0.25) is 0 Å². The lowest BCUT2D eigenvalue weighted by Gasteiger charge is -2.18. The van der Waals surface area contributed by atoms with Crippen molar-refractivity contribution in [1.82, 2.24) is 5.32 Å². The summed E-state index contributed by atoms with van der Waals surface area (Å²) in [7, 11) is 0. The minimum absolute atomic E-state index is 0.0121. The van der Waals surface area contributed by atoms with Crippen molar-refractivity contribution in [2.45, 2.75) is 39.7 Å². The minimum Gasteiger partial charge on any atom is -0.349 e. The second-order valence-corrected chi connectivity index (χ2v) is 5.07. The summed E-state index contributed by atoms with van der Waals surface area (Å²) in [5, 5.41) is 2.91. The van der Waals surface area contributed by atoms with Crippen molar-refractivity contribution >= 4 is 5.91 Å². The lowest BCUT2D eigenvalue weighted by atomic mass is 10.0. The number of hydrogen-bond acceptors (Lipinski definition) is 2. The molecule has 0 saturated heterocycles. The van der Waals surface area contributed by atoms with Gasteiger partial charge in [0.05, 0.1) is 6.04 Å². The zero-order valence-electron chi connectivity index (χ0n) is 11.9. The van der Waals surface area contributed by atoms with Crippen LogP contribution in [0.5, 0.6) is 0 Å². The van der Waals surface area contributed by atoms with E-state index in [9.17, 15) is 9.18 Å². The Hall–Kier alpha value is -1.42. The number of aryl methyl sites for hydroxylation is 1. The normalized spacial score (nSPS) is 13.9. The summed E-state index contributed by atoms with van der Waals surface area (Å²) >= 11 is 0. The SMILES string of the molecule is Cc1ccc(C(C)NC(=O)C(C)CCCN)cc1F. The molecule has 0 aromatic heterocycles. The lowest BCUT2D eigenvalue weighted by molar-refractivity contribution is -0.125. The Morgan fingerprint density at radius 3 is 2.68 bits per heavy atom. The monoisotopic (exact) mass is 266 g/mol. The maximum absolute atomic E-state index is 13.5. The highest BCUT2D eigenvalue weighted by atomic mass is 19.1. The van der Waals surface area contributed by atoms with Crippen LogP contribution in [0.15, 0.2) is 18.2 Å². The molecule has 3 nitrogen and oxygen atoms in total. The topological polar surface area (TPSA) is 55.1 Å². The third kappa shape index (κ3) is 4.63. The Bertz CT molecular complexity index is 434. The van der Waals surface area contributed by atoms with E-state index in [4.69, 9.17) is 5.73 Å². The summed E-state index contributed by atoms with van der Waals surface area (Å²) in [4.78, 5) is 11.9. The van der Waals surface area contributed by atoms with Gasteiger partial charge in [0.2, 0.25) is 5.91 Å². The highest BCUT2D eigenvalue weighted by molar-refractivity contribution is 5.78. The van der Waals surface area contributed by atoms with Gasteiger partial charge in [-0.1, -0.05) is 19.1 Å². The number of nitrogens with one attached hydrogen (secondary N) is 1. The molecule has 1 aromatic rings. The summed E-state index contributed by atoms with van der Waals surface area (Å²) in [6.07, 6.45) is 1.61. The van der Waals surface area contributed by atoms with Gasteiger partial charge in [-0.2, -0.15) is 0 Å². The fourth-order valence-corrected chi connectivity index (χ4v) is 1.87. The number of benzene rings is 1. The van der Waals surface area contributed by atoms with E-state index in [2.05, 4.69) is 5.32 Å². The molecule has 0 heterocycles. The molecule has 1 amide bonds. The highest BCUT2D eigenvalue weighted by Crippen LogP contribution is 2.17. The maximum atomic E-state index is 13.5. The minimum atomic E-state index is -0.241. The van der Waals surface area contributed by atoms with E-state index in [-0.39, 0.29) is 23.7 Å². The van der Waals surface area contributed by atoms with Crippen molar-refractivity contribution < 1.29 is 9.18 Å². The summed E-state index contributed by atoms with van der Waals surface area (Å²) in [6.45, 7) is 6.05. The molecular weight excluding hydrogens is 243 g/mol. The lowest BCUT2D eigenvalue weighted by Crippen LogP contribution is -2.31. The van der Waals surface area contributed by atoms with E-state index in [1.165, 1.54) is 6.07 Å². The molecule has 2 atom stereocenters. The fourth-order valence-electron chi connectivity index (χ4n) is 1.87. The van der Waals surface area contributed by atoms with E-state index in [0.717, 1.165) is 18.4 Å². The Balaban J connectivity index is 2.60. The van der Waals surface area contributed by atoms with Crippen LogP contribution in [0.3, 0.4) is 0 Å². The van der Waals surface area contributed by atoms with Crippen LogP contribution in [0, 0.1) is 18.7 Å². The Kier molecular flexibility index (Phi) is 5.96. The van der Waals surface area contributed by atoms with Crippen molar-refractivity contribution in [2.24, 2.45) is 11.7 Å². The zero-order valence-corrected chi connectivity index (χ0v) is 11.9. The molecule has 4 heteroatoms.